The van der Waals surface area contributed by atoms with Crippen LogP contribution < -0.4 is 22.5 Å². The SMILES string of the molecule is CCCC(NCCCN=C(C)N)c1ccc(-n2cc3cc(-c4cc(CCCC(N)CO)cc(Cl)c4F)[nH]c3nc2=O)cc1F. The number of aromatic amines is 1. The monoisotopic (exact) mass is 627 g/mol. The van der Waals surface area contributed by atoms with Crippen molar-refractivity contribution in [3.8, 4) is 16.9 Å². The van der Waals surface area contributed by atoms with Crippen molar-refractivity contribution in [1.82, 2.24) is 19.9 Å². The summed E-state index contributed by atoms with van der Waals surface area (Å²) in [5.74, 6) is -0.493. The highest BCUT2D eigenvalue weighted by atomic mass is 35.5. The normalized spacial score (nSPS) is 13.5. The number of aromatic nitrogens is 3. The molecular weight excluding hydrogens is 588 g/mol. The number of nitrogens with zero attached hydrogens (tertiary/aromatic N) is 3. The molecule has 4 rings (SSSR count). The zero-order valence-corrected chi connectivity index (χ0v) is 25.8. The van der Waals surface area contributed by atoms with Crippen LogP contribution in [0.3, 0.4) is 0 Å². The Morgan fingerprint density at radius 1 is 1.20 bits per heavy atom. The summed E-state index contributed by atoms with van der Waals surface area (Å²) in [6.07, 6.45) is 5.85. The van der Waals surface area contributed by atoms with Gasteiger partial charge in [-0.3, -0.25) is 9.56 Å². The van der Waals surface area contributed by atoms with Crippen LogP contribution in [0.1, 0.15) is 63.1 Å². The first-order chi connectivity index (χ1) is 21.1. The molecule has 0 saturated heterocycles. The van der Waals surface area contributed by atoms with Crippen molar-refractivity contribution < 1.29 is 13.9 Å². The summed E-state index contributed by atoms with van der Waals surface area (Å²) >= 11 is 6.22. The number of aliphatic hydroxyl groups excluding tert-OH is 1. The van der Waals surface area contributed by atoms with Crippen LogP contribution in [0, 0.1) is 11.6 Å². The van der Waals surface area contributed by atoms with Gasteiger partial charge in [0.1, 0.15) is 11.5 Å². The zero-order chi connectivity index (χ0) is 31.8. The Balaban J connectivity index is 1.58. The summed E-state index contributed by atoms with van der Waals surface area (Å²) in [7, 11) is 0. The average Bonchev–Trinajstić information content (AvgIpc) is 3.40. The number of fused-ring (bicyclic) bond motifs is 1. The van der Waals surface area contributed by atoms with Gasteiger partial charge < -0.3 is 26.9 Å². The molecule has 9 nitrogen and oxygen atoms in total. The lowest BCUT2D eigenvalue weighted by atomic mass is 10.0. The molecule has 0 aliphatic heterocycles. The van der Waals surface area contributed by atoms with E-state index in [4.69, 9.17) is 28.2 Å². The molecule has 12 heteroatoms. The van der Waals surface area contributed by atoms with E-state index in [0.29, 0.717) is 60.5 Å². The molecule has 0 saturated carbocycles. The van der Waals surface area contributed by atoms with Gasteiger partial charge in [0.25, 0.3) is 0 Å². The summed E-state index contributed by atoms with van der Waals surface area (Å²) in [5, 5.41) is 13.1. The lowest BCUT2D eigenvalue weighted by Crippen LogP contribution is -2.25. The molecule has 0 bridgehead atoms. The van der Waals surface area contributed by atoms with Crippen LogP contribution in [0.5, 0.6) is 0 Å². The number of hydrogen-bond donors (Lipinski definition) is 5. The largest absolute Gasteiger partial charge is 0.395 e. The molecule has 0 radical (unpaired) electrons. The lowest BCUT2D eigenvalue weighted by molar-refractivity contribution is 0.258. The van der Waals surface area contributed by atoms with E-state index in [-0.39, 0.29) is 34.9 Å². The number of amidine groups is 1. The fourth-order valence-electron chi connectivity index (χ4n) is 5.19. The van der Waals surface area contributed by atoms with Crippen molar-refractivity contribution in [2.75, 3.05) is 19.7 Å². The van der Waals surface area contributed by atoms with Crippen LogP contribution in [0.2, 0.25) is 5.02 Å². The topological polar surface area (TPSA) is 147 Å². The first-order valence-corrected chi connectivity index (χ1v) is 15.3. The van der Waals surface area contributed by atoms with Crippen molar-refractivity contribution in [3.05, 3.63) is 80.9 Å². The van der Waals surface area contributed by atoms with E-state index in [0.717, 1.165) is 24.8 Å². The maximum atomic E-state index is 15.4. The number of aryl methyl sites for hydroxylation is 1. The van der Waals surface area contributed by atoms with Crippen LogP contribution >= 0.6 is 11.6 Å². The molecular formula is C32H40ClF2N7O2. The van der Waals surface area contributed by atoms with Gasteiger partial charge in [0.15, 0.2) is 5.82 Å². The number of hydrogen-bond acceptors (Lipinski definition) is 6. The van der Waals surface area contributed by atoms with Gasteiger partial charge >= 0.3 is 5.69 Å². The molecule has 44 heavy (non-hydrogen) atoms. The fraction of sp³-hybridized carbons (Fsp3) is 0.406. The minimum Gasteiger partial charge on any atom is -0.395 e. The van der Waals surface area contributed by atoms with Crippen LogP contribution in [0.15, 0.2) is 52.4 Å². The van der Waals surface area contributed by atoms with E-state index in [2.05, 4.69) is 20.3 Å². The number of aliphatic hydroxyl groups is 1. The van der Waals surface area contributed by atoms with E-state index < -0.39 is 17.3 Å². The van der Waals surface area contributed by atoms with Crippen LogP contribution in [0.4, 0.5) is 8.78 Å². The van der Waals surface area contributed by atoms with Crippen molar-refractivity contribution in [2.24, 2.45) is 16.5 Å². The molecule has 2 unspecified atom stereocenters. The molecule has 236 valence electrons. The Bertz CT molecular complexity index is 1670. The highest BCUT2D eigenvalue weighted by molar-refractivity contribution is 6.31. The van der Waals surface area contributed by atoms with Crippen LogP contribution in [0.25, 0.3) is 28.0 Å². The third-order valence-electron chi connectivity index (χ3n) is 7.46. The number of aliphatic imine (C=N–C) groups is 1. The van der Waals surface area contributed by atoms with Crippen LogP contribution in [-0.2, 0) is 6.42 Å². The predicted molar refractivity (Wildman–Crippen MR) is 172 cm³/mol. The number of rotatable bonds is 15. The fourth-order valence-corrected chi connectivity index (χ4v) is 5.43. The quantitative estimate of drug-likeness (QED) is 0.0699. The molecule has 0 amide bonds. The summed E-state index contributed by atoms with van der Waals surface area (Å²) in [6, 6.07) is 9.17. The summed E-state index contributed by atoms with van der Waals surface area (Å²) in [6.45, 7) is 4.94. The first kappa shape index (κ1) is 33.3. The second-order valence-corrected chi connectivity index (χ2v) is 11.4. The standard InChI is InChI=1S/C32H40ClF2N7O2/c1-3-6-28(39-12-5-11-38-19(2)36)24-10-9-23(16-27(24)34)42-17-21-15-29(40-31(21)41-32(42)44)25-13-20(14-26(33)30(25)35)7-4-8-22(37)18-43/h9-10,13-17,22,28,39,43H,3-8,11-12,18,37H2,1-2H3,(H2,36,38)(H,40,41,44). The van der Waals surface area contributed by atoms with Gasteiger partial charge in [0, 0.05) is 41.3 Å². The maximum absolute atomic E-state index is 15.4. The summed E-state index contributed by atoms with van der Waals surface area (Å²) in [5.41, 5.74) is 13.3. The average molecular weight is 628 g/mol. The number of benzene rings is 2. The molecule has 7 N–H and O–H groups in total. The Hall–Kier alpha value is -3.64. The van der Waals surface area contributed by atoms with Crippen molar-refractivity contribution in [3.63, 3.8) is 0 Å². The molecule has 2 heterocycles. The Kier molecular flexibility index (Phi) is 11.6. The van der Waals surface area contributed by atoms with Gasteiger partial charge in [0.05, 0.1) is 28.8 Å². The van der Waals surface area contributed by atoms with Gasteiger partial charge in [-0.05, 0) is 81.5 Å². The third-order valence-corrected chi connectivity index (χ3v) is 7.74. The number of halogens is 3. The molecule has 0 aliphatic carbocycles. The molecule has 0 fully saturated rings. The maximum Gasteiger partial charge on any atom is 0.354 e. The molecule has 2 aromatic carbocycles. The Morgan fingerprint density at radius 2 is 2.00 bits per heavy atom. The first-order valence-electron chi connectivity index (χ1n) is 14.9. The minimum atomic E-state index is -0.607. The van der Waals surface area contributed by atoms with E-state index in [1.54, 1.807) is 43.5 Å². The molecule has 2 atom stereocenters. The Labute approximate surface area is 260 Å². The zero-order valence-electron chi connectivity index (χ0n) is 25.0. The van der Waals surface area contributed by atoms with Crippen LogP contribution in [-0.4, -0.2) is 51.2 Å². The number of nitrogens with two attached hydrogens (primary N) is 2. The lowest BCUT2D eigenvalue weighted by Gasteiger charge is -2.20. The molecule has 0 spiro atoms. The summed E-state index contributed by atoms with van der Waals surface area (Å²) in [4.78, 5) is 24.3. The van der Waals surface area contributed by atoms with E-state index in [9.17, 15) is 4.79 Å². The third kappa shape index (κ3) is 8.29. The minimum absolute atomic E-state index is 0.0271. The van der Waals surface area contributed by atoms with Gasteiger partial charge in [-0.15, -0.1) is 0 Å². The second kappa shape index (κ2) is 15.4. The van der Waals surface area contributed by atoms with Gasteiger partial charge in [-0.1, -0.05) is 31.0 Å². The van der Waals surface area contributed by atoms with Crippen molar-refractivity contribution >= 4 is 28.5 Å². The van der Waals surface area contributed by atoms with Gasteiger partial charge in [0.2, 0.25) is 0 Å². The van der Waals surface area contributed by atoms with E-state index >= 15 is 8.78 Å². The van der Waals surface area contributed by atoms with Crippen molar-refractivity contribution in [2.45, 2.75) is 64.5 Å². The summed E-state index contributed by atoms with van der Waals surface area (Å²) < 4.78 is 31.8. The van der Waals surface area contributed by atoms with E-state index in [1.165, 1.54) is 10.6 Å². The van der Waals surface area contributed by atoms with Gasteiger partial charge in [-0.2, -0.15) is 4.98 Å². The highest BCUT2D eigenvalue weighted by Gasteiger charge is 2.18. The van der Waals surface area contributed by atoms with Crippen molar-refractivity contribution in [1.29, 1.82) is 0 Å². The predicted octanol–water partition coefficient (Wildman–Crippen LogP) is 5.15. The highest BCUT2D eigenvalue weighted by Crippen LogP contribution is 2.31. The Morgan fingerprint density at radius 3 is 2.70 bits per heavy atom. The molecule has 0 aliphatic rings. The second-order valence-electron chi connectivity index (χ2n) is 11.0. The van der Waals surface area contributed by atoms with Gasteiger partial charge in [-0.25, -0.2) is 13.6 Å². The number of nitrogens with one attached hydrogen (secondary N) is 2. The smallest absolute Gasteiger partial charge is 0.354 e. The molecule has 2 aromatic heterocycles. The number of H-pyrrole nitrogens is 1. The van der Waals surface area contributed by atoms with E-state index in [1.807, 2.05) is 6.92 Å². The molecule has 4 aromatic rings.